The highest BCUT2D eigenvalue weighted by Gasteiger charge is 2.33. The van der Waals surface area contributed by atoms with E-state index in [1.54, 1.807) is 6.92 Å². The minimum absolute atomic E-state index is 0.0330. The Labute approximate surface area is 109 Å². The van der Waals surface area contributed by atoms with Crippen molar-refractivity contribution in [3.63, 3.8) is 0 Å². The van der Waals surface area contributed by atoms with Gasteiger partial charge in [0.05, 0.1) is 23.5 Å². The molecule has 4 N–H and O–H groups in total. The Morgan fingerprint density at radius 2 is 2.16 bits per heavy atom. The number of nitrogen functional groups attached to an aromatic ring is 1. The van der Waals surface area contributed by atoms with Crippen LogP contribution in [0, 0.1) is 0 Å². The Balaban J connectivity index is 2.54. The van der Waals surface area contributed by atoms with Gasteiger partial charge in [0.15, 0.2) is 0 Å². The molecule has 0 aromatic heterocycles. The molecule has 1 atom stereocenters. The van der Waals surface area contributed by atoms with Gasteiger partial charge in [-0.2, -0.15) is 0 Å². The van der Waals surface area contributed by atoms with Crippen LogP contribution in [0.1, 0.15) is 17.3 Å². The summed E-state index contributed by atoms with van der Waals surface area (Å²) in [4.78, 5) is 35.7. The number of rotatable bonds is 2. The first-order valence-electron chi connectivity index (χ1n) is 5.64. The molecule has 1 aliphatic rings. The van der Waals surface area contributed by atoms with Crippen molar-refractivity contribution in [1.29, 1.82) is 0 Å². The number of carbonyl (C=O) groups excluding carboxylic acids is 2. The van der Waals surface area contributed by atoms with Crippen LogP contribution in [0.2, 0.25) is 0 Å². The van der Waals surface area contributed by atoms with Gasteiger partial charge < -0.3 is 15.7 Å². The maximum absolute atomic E-state index is 11.6. The molecule has 100 valence electrons. The highest BCUT2D eigenvalue weighted by atomic mass is 16.4. The maximum atomic E-state index is 11.6. The van der Waals surface area contributed by atoms with Gasteiger partial charge in [0.2, 0.25) is 11.8 Å². The van der Waals surface area contributed by atoms with Crippen molar-refractivity contribution in [1.82, 2.24) is 5.32 Å². The molecular weight excluding hydrogens is 250 g/mol. The molecule has 0 radical (unpaired) electrons. The van der Waals surface area contributed by atoms with Crippen LogP contribution in [0.5, 0.6) is 0 Å². The summed E-state index contributed by atoms with van der Waals surface area (Å²) in [6.45, 7) is 1.47. The number of aromatic carboxylic acids is 1. The van der Waals surface area contributed by atoms with Gasteiger partial charge in [-0.3, -0.25) is 14.9 Å². The number of piperazine rings is 1. The molecule has 1 unspecified atom stereocenters. The average molecular weight is 263 g/mol. The third-order valence-corrected chi connectivity index (χ3v) is 3.01. The topological polar surface area (TPSA) is 113 Å². The highest BCUT2D eigenvalue weighted by molar-refractivity contribution is 6.07. The Kier molecular flexibility index (Phi) is 3.12. The van der Waals surface area contributed by atoms with Crippen molar-refractivity contribution in [2.24, 2.45) is 0 Å². The monoisotopic (exact) mass is 263 g/mol. The van der Waals surface area contributed by atoms with Gasteiger partial charge >= 0.3 is 5.97 Å². The highest BCUT2D eigenvalue weighted by Crippen LogP contribution is 2.30. The number of hydrogen-bond donors (Lipinski definition) is 3. The molecule has 19 heavy (non-hydrogen) atoms. The van der Waals surface area contributed by atoms with Crippen LogP contribution in [0.25, 0.3) is 0 Å². The van der Waals surface area contributed by atoms with Crippen molar-refractivity contribution in [3.05, 3.63) is 23.8 Å². The van der Waals surface area contributed by atoms with Gasteiger partial charge in [0.1, 0.15) is 6.04 Å². The zero-order chi connectivity index (χ0) is 14.2. The Morgan fingerprint density at radius 1 is 1.47 bits per heavy atom. The minimum Gasteiger partial charge on any atom is -0.478 e. The molecule has 1 saturated heterocycles. The van der Waals surface area contributed by atoms with E-state index in [2.05, 4.69) is 5.32 Å². The molecule has 1 fully saturated rings. The molecule has 0 bridgehead atoms. The molecule has 1 aromatic carbocycles. The van der Waals surface area contributed by atoms with E-state index >= 15 is 0 Å². The molecule has 1 heterocycles. The zero-order valence-corrected chi connectivity index (χ0v) is 10.2. The fourth-order valence-corrected chi connectivity index (χ4v) is 2.04. The molecule has 0 spiro atoms. The summed E-state index contributed by atoms with van der Waals surface area (Å²) in [5.74, 6) is -2.12. The number of benzene rings is 1. The Hall–Kier alpha value is -2.57. The van der Waals surface area contributed by atoms with E-state index in [1.807, 2.05) is 0 Å². The standard InChI is InChI=1S/C12H13N3O4/c1-6-11(17)14-9(16)5-15(6)10-7(12(18)19)3-2-4-8(10)13/h2-4,6H,5,13H2,1H3,(H,18,19)(H,14,16,17). The number of para-hydroxylation sites is 1. The first-order chi connectivity index (χ1) is 8.91. The largest absolute Gasteiger partial charge is 0.478 e. The van der Waals surface area contributed by atoms with E-state index in [4.69, 9.17) is 5.73 Å². The van der Waals surface area contributed by atoms with Crippen molar-refractivity contribution in [3.8, 4) is 0 Å². The number of nitrogens with two attached hydrogens (primary N) is 1. The SMILES string of the molecule is CC1C(=O)NC(=O)CN1c1c(N)cccc1C(=O)O. The summed E-state index contributed by atoms with van der Waals surface area (Å²) in [6.07, 6.45) is 0. The minimum atomic E-state index is -1.16. The first-order valence-corrected chi connectivity index (χ1v) is 5.64. The maximum Gasteiger partial charge on any atom is 0.337 e. The predicted octanol–water partition coefficient (Wildman–Crippen LogP) is -0.182. The van der Waals surface area contributed by atoms with Gasteiger partial charge in [0, 0.05) is 0 Å². The van der Waals surface area contributed by atoms with Crippen LogP contribution in [-0.4, -0.2) is 35.5 Å². The quantitative estimate of drug-likeness (QED) is 0.504. The number of carboxylic acids is 1. The summed E-state index contributed by atoms with van der Waals surface area (Å²) in [5, 5.41) is 11.4. The number of amides is 2. The van der Waals surface area contributed by atoms with Crippen LogP contribution in [0.4, 0.5) is 11.4 Å². The molecule has 1 aliphatic heterocycles. The van der Waals surface area contributed by atoms with Gasteiger partial charge in [-0.25, -0.2) is 4.79 Å². The van der Waals surface area contributed by atoms with Gasteiger partial charge in [-0.1, -0.05) is 6.07 Å². The van der Waals surface area contributed by atoms with Crippen molar-refractivity contribution in [2.75, 3.05) is 17.2 Å². The molecule has 0 saturated carbocycles. The Bertz CT molecular complexity index is 570. The molecule has 0 aliphatic carbocycles. The summed E-state index contributed by atoms with van der Waals surface area (Å²) >= 11 is 0. The third kappa shape index (κ3) is 2.22. The lowest BCUT2D eigenvalue weighted by Crippen LogP contribution is -2.57. The molecular formula is C12H13N3O4. The number of anilines is 2. The summed E-state index contributed by atoms with van der Waals surface area (Å²) in [5.41, 5.74) is 6.18. The number of nitrogens with one attached hydrogen (secondary N) is 1. The van der Waals surface area contributed by atoms with E-state index in [9.17, 15) is 19.5 Å². The smallest absolute Gasteiger partial charge is 0.337 e. The second-order valence-corrected chi connectivity index (χ2v) is 4.26. The lowest BCUT2D eigenvalue weighted by molar-refractivity contribution is -0.132. The lowest BCUT2D eigenvalue weighted by Gasteiger charge is -2.35. The third-order valence-electron chi connectivity index (χ3n) is 3.01. The van der Waals surface area contributed by atoms with Gasteiger partial charge in [0.25, 0.3) is 0 Å². The van der Waals surface area contributed by atoms with Gasteiger partial charge in [-0.05, 0) is 19.1 Å². The second kappa shape index (κ2) is 4.60. The summed E-state index contributed by atoms with van der Waals surface area (Å²) in [6, 6.07) is 3.77. The van der Waals surface area contributed by atoms with E-state index in [0.717, 1.165) is 0 Å². The number of nitrogens with zero attached hydrogens (tertiary/aromatic N) is 1. The Morgan fingerprint density at radius 3 is 2.79 bits per heavy atom. The average Bonchev–Trinajstić information content (AvgIpc) is 2.33. The van der Waals surface area contributed by atoms with E-state index in [1.165, 1.54) is 23.1 Å². The van der Waals surface area contributed by atoms with Crippen LogP contribution < -0.4 is 16.0 Å². The zero-order valence-electron chi connectivity index (χ0n) is 10.2. The number of carboxylic acid groups (broad SMARTS) is 1. The second-order valence-electron chi connectivity index (χ2n) is 4.26. The molecule has 7 nitrogen and oxygen atoms in total. The van der Waals surface area contributed by atoms with Crippen molar-refractivity contribution in [2.45, 2.75) is 13.0 Å². The summed E-state index contributed by atoms with van der Waals surface area (Å²) in [7, 11) is 0. The lowest BCUT2D eigenvalue weighted by atomic mass is 10.1. The van der Waals surface area contributed by atoms with E-state index in [-0.39, 0.29) is 23.5 Å². The molecule has 2 amide bonds. The summed E-state index contributed by atoms with van der Waals surface area (Å²) < 4.78 is 0. The number of hydrogen-bond acceptors (Lipinski definition) is 5. The van der Waals surface area contributed by atoms with E-state index in [0.29, 0.717) is 0 Å². The number of carbonyl (C=O) groups is 3. The van der Waals surface area contributed by atoms with Crippen LogP contribution in [0.3, 0.4) is 0 Å². The van der Waals surface area contributed by atoms with Gasteiger partial charge in [-0.15, -0.1) is 0 Å². The molecule has 2 rings (SSSR count). The van der Waals surface area contributed by atoms with Crippen LogP contribution in [-0.2, 0) is 9.59 Å². The normalized spacial score (nSPS) is 19.2. The van der Waals surface area contributed by atoms with Crippen LogP contribution >= 0.6 is 0 Å². The van der Waals surface area contributed by atoms with Crippen molar-refractivity contribution >= 4 is 29.2 Å². The fourth-order valence-electron chi connectivity index (χ4n) is 2.04. The predicted molar refractivity (Wildman–Crippen MR) is 67.8 cm³/mol. The number of imide groups is 1. The van der Waals surface area contributed by atoms with E-state index < -0.39 is 23.8 Å². The molecule has 7 heteroatoms. The van der Waals surface area contributed by atoms with Crippen LogP contribution in [0.15, 0.2) is 18.2 Å². The fraction of sp³-hybridized carbons (Fsp3) is 0.250. The van der Waals surface area contributed by atoms with Crippen molar-refractivity contribution < 1.29 is 19.5 Å². The molecule has 1 aromatic rings. The first kappa shape index (κ1) is 12.9.